The van der Waals surface area contributed by atoms with Crippen LogP contribution in [0.1, 0.15) is 67.7 Å². The van der Waals surface area contributed by atoms with E-state index in [9.17, 15) is 45.9 Å². The van der Waals surface area contributed by atoms with Crippen LogP contribution >= 0.6 is 0 Å². The molecule has 3 atom stereocenters. The molecule has 4 amide bonds. The Kier molecular flexibility index (Phi) is 11.7. The molecule has 2 aliphatic heterocycles. The first-order chi connectivity index (χ1) is 21.0. The number of ether oxygens (including phenoxy) is 1. The number of nitrogens with one attached hydrogen (secondary N) is 2. The summed E-state index contributed by atoms with van der Waals surface area (Å²) in [5.74, 6) is -12.3. The maximum atomic E-state index is 13.9. The molecule has 10 nitrogen and oxygen atoms in total. The van der Waals surface area contributed by atoms with Crippen molar-refractivity contribution in [3.05, 3.63) is 35.4 Å². The Hall–Kier alpha value is -3.62. The van der Waals surface area contributed by atoms with E-state index in [1.165, 1.54) is 38.1 Å². The van der Waals surface area contributed by atoms with Crippen LogP contribution < -0.4 is 10.6 Å². The Morgan fingerprint density at radius 2 is 1.36 bits per heavy atom. The monoisotopic (exact) mass is 646 g/mol. The molecule has 2 heterocycles. The first-order valence-corrected chi connectivity index (χ1v) is 14.8. The minimum absolute atomic E-state index is 0.0629. The number of nitrogens with zero attached hydrogens (tertiary/aromatic N) is 2. The highest BCUT2D eigenvalue weighted by molar-refractivity contribution is 6.01. The molecule has 0 spiro atoms. The van der Waals surface area contributed by atoms with Gasteiger partial charge in [0.2, 0.25) is 17.6 Å². The fourth-order valence-electron chi connectivity index (χ4n) is 5.22. The molecule has 1 aromatic carbocycles. The number of benzene rings is 1. The molecule has 2 aliphatic rings. The van der Waals surface area contributed by atoms with E-state index in [0.717, 1.165) is 4.90 Å². The van der Waals surface area contributed by atoms with Crippen molar-refractivity contribution in [3.63, 3.8) is 0 Å². The Bertz CT molecular complexity index is 1250. The maximum absolute atomic E-state index is 13.9. The number of carbonyl (C=O) groups excluding carboxylic acids is 5. The standard InChI is InChI=1S/C30H39F5N4O6/c1-17(2)22(24(40)29(31,32)30(33,34)35)36-26(42)21-7-5-6-12-39(21)28(44)23(18(3)4)37-25(41)19-8-10-20(11-9-19)27(43)38-13-15-45-16-14-38/h8-11,17-18,21-23H,5-7,12-16H2,1-4H3,(H,36,42)(H,37,41). The summed E-state index contributed by atoms with van der Waals surface area (Å²) in [6, 6.07) is 1.34. The number of hydrogen-bond acceptors (Lipinski definition) is 6. The molecule has 0 aliphatic carbocycles. The molecular weight excluding hydrogens is 607 g/mol. The number of alkyl halides is 5. The van der Waals surface area contributed by atoms with Crippen molar-refractivity contribution in [1.29, 1.82) is 0 Å². The van der Waals surface area contributed by atoms with Crippen molar-refractivity contribution >= 4 is 29.4 Å². The molecule has 2 N–H and O–H groups in total. The first-order valence-electron chi connectivity index (χ1n) is 14.8. The van der Waals surface area contributed by atoms with Gasteiger partial charge >= 0.3 is 12.1 Å². The fraction of sp³-hybridized carbons (Fsp3) is 0.633. The summed E-state index contributed by atoms with van der Waals surface area (Å²) in [6.45, 7) is 7.59. The summed E-state index contributed by atoms with van der Waals surface area (Å²) in [4.78, 5) is 67.9. The van der Waals surface area contributed by atoms with Crippen LogP contribution in [-0.4, -0.2) is 102 Å². The Morgan fingerprint density at radius 1 is 0.800 bits per heavy atom. The van der Waals surface area contributed by atoms with Crippen molar-refractivity contribution in [2.45, 2.75) is 77.2 Å². The van der Waals surface area contributed by atoms with Gasteiger partial charge in [0.1, 0.15) is 12.1 Å². The van der Waals surface area contributed by atoms with Crippen LogP contribution in [0.2, 0.25) is 0 Å². The van der Waals surface area contributed by atoms with E-state index < -0.39 is 65.6 Å². The van der Waals surface area contributed by atoms with Gasteiger partial charge in [-0.2, -0.15) is 22.0 Å². The third kappa shape index (κ3) is 8.35. The summed E-state index contributed by atoms with van der Waals surface area (Å²) >= 11 is 0. The van der Waals surface area contributed by atoms with E-state index in [1.807, 2.05) is 5.32 Å². The number of amides is 4. The number of halogens is 5. The SMILES string of the molecule is CC(C)C(NC(=O)c1ccc(C(=O)N2CCOCC2)cc1)C(=O)N1CCCCC1C(=O)NC(C(=O)C(F)(F)C(F)(F)F)C(C)C. The lowest BCUT2D eigenvalue weighted by Gasteiger charge is -2.39. The molecule has 250 valence electrons. The summed E-state index contributed by atoms with van der Waals surface area (Å²) < 4.78 is 71.7. The minimum Gasteiger partial charge on any atom is -0.378 e. The van der Waals surface area contributed by atoms with Crippen molar-refractivity contribution in [3.8, 4) is 0 Å². The van der Waals surface area contributed by atoms with Gasteiger partial charge in [0, 0.05) is 30.8 Å². The highest BCUT2D eigenvalue weighted by Gasteiger charge is 2.64. The predicted molar refractivity (Wildman–Crippen MR) is 151 cm³/mol. The second kappa shape index (κ2) is 14.6. The lowest BCUT2D eigenvalue weighted by Crippen LogP contribution is -2.62. The molecule has 3 unspecified atom stereocenters. The maximum Gasteiger partial charge on any atom is 0.461 e. The minimum atomic E-state index is -6.14. The van der Waals surface area contributed by atoms with Gasteiger partial charge in [-0.3, -0.25) is 24.0 Å². The van der Waals surface area contributed by atoms with Crippen LogP contribution in [0.3, 0.4) is 0 Å². The van der Waals surface area contributed by atoms with E-state index in [-0.39, 0.29) is 24.4 Å². The highest BCUT2D eigenvalue weighted by Crippen LogP contribution is 2.37. The van der Waals surface area contributed by atoms with Crippen molar-refractivity contribution in [2.24, 2.45) is 11.8 Å². The van der Waals surface area contributed by atoms with E-state index >= 15 is 0 Å². The zero-order chi connectivity index (χ0) is 33.7. The van der Waals surface area contributed by atoms with Gasteiger partial charge < -0.3 is 25.2 Å². The molecule has 0 bridgehead atoms. The number of piperidine rings is 1. The molecule has 0 radical (unpaired) electrons. The molecular formula is C30H39F5N4O6. The van der Waals surface area contributed by atoms with Crippen molar-refractivity contribution in [1.82, 2.24) is 20.4 Å². The molecule has 0 aromatic heterocycles. The molecule has 45 heavy (non-hydrogen) atoms. The average Bonchev–Trinajstić information content (AvgIpc) is 3.00. The Balaban J connectivity index is 1.74. The number of ketones is 1. The smallest absolute Gasteiger partial charge is 0.378 e. The molecule has 2 saturated heterocycles. The van der Waals surface area contributed by atoms with Gasteiger partial charge in [-0.15, -0.1) is 0 Å². The van der Waals surface area contributed by atoms with Crippen LogP contribution in [0.15, 0.2) is 24.3 Å². The summed E-state index contributed by atoms with van der Waals surface area (Å²) in [5.41, 5.74) is 0.544. The molecule has 0 saturated carbocycles. The van der Waals surface area contributed by atoms with Crippen molar-refractivity contribution < 1.29 is 50.7 Å². The number of rotatable bonds is 10. The molecule has 2 fully saturated rings. The third-order valence-electron chi connectivity index (χ3n) is 7.91. The lowest BCUT2D eigenvalue weighted by molar-refractivity contribution is -0.270. The molecule has 15 heteroatoms. The van der Waals surface area contributed by atoms with Crippen LogP contribution in [0.25, 0.3) is 0 Å². The number of carbonyl (C=O) groups is 5. The third-order valence-corrected chi connectivity index (χ3v) is 7.91. The van der Waals surface area contributed by atoms with E-state index in [0.29, 0.717) is 44.7 Å². The second-order valence-electron chi connectivity index (χ2n) is 11.9. The summed E-state index contributed by atoms with van der Waals surface area (Å²) in [6.07, 6.45) is -5.14. The van der Waals surface area contributed by atoms with Gasteiger partial charge in [-0.25, -0.2) is 0 Å². The molecule has 3 rings (SSSR count). The number of Topliss-reactive ketones (excluding diaryl/α,β-unsaturated/α-hetero) is 1. The van der Waals surface area contributed by atoms with Crippen LogP contribution in [0, 0.1) is 11.8 Å². The fourth-order valence-corrected chi connectivity index (χ4v) is 5.22. The second-order valence-corrected chi connectivity index (χ2v) is 11.9. The summed E-state index contributed by atoms with van der Waals surface area (Å²) in [7, 11) is 0. The van der Waals surface area contributed by atoms with Crippen LogP contribution in [-0.2, 0) is 19.1 Å². The van der Waals surface area contributed by atoms with Gasteiger partial charge in [0.15, 0.2) is 0 Å². The Labute approximate surface area is 258 Å². The largest absolute Gasteiger partial charge is 0.461 e. The number of morpholine rings is 1. The quantitative estimate of drug-likeness (QED) is 0.377. The highest BCUT2D eigenvalue weighted by atomic mass is 19.4. The van der Waals surface area contributed by atoms with Crippen LogP contribution in [0.5, 0.6) is 0 Å². The van der Waals surface area contributed by atoms with Crippen molar-refractivity contribution in [2.75, 3.05) is 32.8 Å². The van der Waals surface area contributed by atoms with Gasteiger partial charge in [0.25, 0.3) is 11.8 Å². The average molecular weight is 647 g/mol. The van der Waals surface area contributed by atoms with Gasteiger partial charge in [-0.1, -0.05) is 27.7 Å². The van der Waals surface area contributed by atoms with E-state index in [4.69, 9.17) is 4.74 Å². The lowest BCUT2D eigenvalue weighted by atomic mass is 9.93. The number of hydrogen-bond donors (Lipinski definition) is 2. The van der Waals surface area contributed by atoms with E-state index in [1.54, 1.807) is 18.7 Å². The Morgan fingerprint density at radius 3 is 1.89 bits per heavy atom. The first kappa shape index (κ1) is 35.9. The summed E-state index contributed by atoms with van der Waals surface area (Å²) in [5, 5.41) is 4.70. The predicted octanol–water partition coefficient (Wildman–Crippen LogP) is 3.20. The van der Waals surface area contributed by atoms with Crippen LogP contribution in [0.4, 0.5) is 22.0 Å². The number of likely N-dealkylation sites (tertiary alicyclic amines) is 1. The van der Waals surface area contributed by atoms with E-state index in [2.05, 4.69) is 5.32 Å². The zero-order valence-electron chi connectivity index (χ0n) is 25.6. The van der Waals surface area contributed by atoms with Gasteiger partial charge in [-0.05, 0) is 55.4 Å². The normalized spacial score (nSPS) is 19.2. The zero-order valence-corrected chi connectivity index (χ0v) is 25.6. The topological polar surface area (TPSA) is 125 Å². The molecule has 1 aromatic rings. The van der Waals surface area contributed by atoms with Gasteiger partial charge in [0.05, 0.1) is 19.3 Å².